The van der Waals surface area contributed by atoms with Gasteiger partial charge in [0.25, 0.3) is 5.91 Å². The highest BCUT2D eigenvalue weighted by Crippen LogP contribution is 2.11. The van der Waals surface area contributed by atoms with Crippen molar-refractivity contribution < 1.29 is 28.7 Å². The highest BCUT2D eigenvalue weighted by atomic mass is 16.6. The van der Waals surface area contributed by atoms with Crippen LogP contribution in [0, 0.1) is 0 Å². The highest BCUT2D eigenvalue weighted by molar-refractivity contribution is 6.06. The maximum absolute atomic E-state index is 12.3. The van der Waals surface area contributed by atoms with Gasteiger partial charge in [-0.05, 0) is 32.0 Å². The van der Waals surface area contributed by atoms with Gasteiger partial charge in [0.1, 0.15) is 0 Å². The number of ether oxygens (including phenoxy) is 2. The summed E-state index contributed by atoms with van der Waals surface area (Å²) in [5.41, 5.74) is 0.582. The number of carbonyl (C=O) groups is 4. The number of esters is 2. The van der Waals surface area contributed by atoms with Crippen molar-refractivity contribution in [3.8, 4) is 0 Å². The molecule has 0 aromatic heterocycles. The van der Waals surface area contributed by atoms with Gasteiger partial charge < -0.3 is 20.1 Å². The van der Waals surface area contributed by atoms with E-state index >= 15 is 0 Å². The molecule has 0 fully saturated rings. The van der Waals surface area contributed by atoms with Crippen molar-refractivity contribution in [3.63, 3.8) is 0 Å². The zero-order chi connectivity index (χ0) is 18.1. The van der Waals surface area contributed by atoms with E-state index in [4.69, 9.17) is 9.47 Å². The molecule has 1 aromatic carbocycles. The van der Waals surface area contributed by atoms with Gasteiger partial charge in [0.05, 0.1) is 13.2 Å². The summed E-state index contributed by atoms with van der Waals surface area (Å²) in [4.78, 5) is 47.0. The van der Waals surface area contributed by atoms with Crippen LogP contribution in [0.5, 0.6) is 0 Å². The Bertz CT molecular complexity index is 611. The van der Waals surface area contributed by atoms with Gasteiger partial charge in [-0.25, -0.2) is 9.59 Å². The lowest BCUT2D eigenvalue weighted by atomic mass is 10.1. The van der Waals surface area contributed by atoms with Gasteiger partial charge in [-0.15, -0.1) is 0 Å². The molecule has 24 heavy (non-hydrogen) atoms. The highest BCUT2D eigenvalue weighted by Gasteiger charge is 2.31. The van der Waals surface area contributed by atoms with E-state index in [0.29, 0.717) is 5.69 Å². The van der Waals surface area contributed by atoms with E-state index in [1.165, 1.54) is 19.1 Å². The van der Waals surface area contributed by atoms with Crippen molar-refractivity contribution in [3.05, 3.63) is 29.8 Å². The molecule has 0 heterocycles. The van der Waals surface area contributed by atoms with Crippen LogP contribution in [-0.4, -0.2) is 43.0 Å². The Kier molecular flexibility index (Phi) is 7.41. The molecule has 0 radical (unpaired) electrons. The van der Waals surface area contributed by atoms with E-state index in [2.05, 4.69) is 10.6 Å². The third kappa shape index (κ3) is 5.71. The Labute approximate surface area is 139 Å². The van der Waals surface area contributed by atoms with Crippen molar-refractivity contribution in [2.45, 2.75) is 26.8 Å². The van der Waals surface area contributed by atoms with Crippen molar-refractivity contribution in [1.29, 1.82) is 0 Å². The van der Waals surface area contributed by atoms with Crippen molar-refractivity contribution in [2.75, 3.05) is 18.5 Å². The number of carbonyl (C=O) groups excluding carboxylic acids is 4. The lowest BCUT2D eigenvalue weighted by molar-refractivity contribution is -0.157. The molecule has 0 atom stereocenters. The van der Waals surface area contributed by atoms with Gasteiger partial charge >= 0.3 is 11.9 Å². The van der Waals surface area contributed by atoms with Gasteiger partial charge in [0.15, 0.2) is 0 Å². The van der Waals surface area contributed by atoms with E-state index in [1.54, 1.807) is 26.0 Å². The van der Waals surface area contributed by atoms with Gasteiger partial charge in [-0.3, -0.25) is 9.59 Å². The summed E-state index contributed by atoms with van der Waals surface area (Å²) in [5.74, 6) is -2.76. The number of benzene rings is 1. The molecule has 0 unspecified atom stereocenters. The minimum atomic E-state index is -1.55. The lowest BCUT2D eigenvalue weighted by Crippen LogP contribution is -2.48. The Morgan fingerprint density at radius 3 is 2.12 bits per heavy atom. The number of rotatable bonds is 7. The Balaban J connectivity index is 2.92. The van der Waals surface area contributed by atoms with Crippen molar-refractivity contribution in [1.82, 2.24) is 5.32 Å². The number of nitrogens with one attached hydrogen (secondary N) is 2. The van der Waals surface area contributed by atoms with Gasteiger partial charge in [0.2, 0.25) is 11.9 Å². The van der Waals surface area contributed by atoms with E-state index in [0.717, 1.165) is 0 Å². The van der Waals surface area contributed by atoms with Crippen LogP contribution in [0.3, 0.4) is 0 Å². The maximum Gasteiger partial charge on any atom is 0.340 e. The molecule has 2 N–H and O–H groups in total. The lowest BCUT2D eigenvalue weighted by Gasteiger charge is -2.16. The van der Waals surface area contributed by atoms with Gasteiger partial charge in [-0.2, -0.15) is 0 Å². The standard InChI is InChI=1S/C16H20N2O6/c1-4-23-15(21)13(16(22)24-5-2)18-14(20)11-7-6-8-12(9-11)17-10(3)19/h6-9,13H,4-5H2,1-3H3,(H,17,19)(H,18,20). The van der Waals surface area contributed by atoms with Crippen LogP contribution in [0.4, 0.5) is 5.69 Å². The second-order valence-corrected chi connectivity index (χ2v) is 4.67. The van der Waals surface area contributed by atoms with Crippen LogP contribution in [0.2, 0.25) is 0 Å². The molecular formula is C16H20N2O6. The van der Waals surface area contributed by atoms with Crippen LogP contribution in [0.1, 0.15) is 31.1 Å². The molecule has 0 bridgehead atoms. The zero-order valence-corrected chi connectivity index (χ0v) is 13.8. The first-order valence-corrected chi connectivity index (χ1v) is 7.40. The summed E-state index contributed by atoms with van der Waals surface area (Å²) in [6, 6.07) is 4.51. The average molecular weight is 336 g/mol. The summed E-state index contributed by atoms with van der Waals surface area (Å²) < 4.78 is 9.55. The molecule has 0 saturated carbocycles. The van der Waals surface area contributed by atoms with Gasteiger partial charge in [0, 0.05) is 18.2 Å². The topological polar surface area (TPSA) is 111 Å². The first kappa shape index (κ1) is 19.1. The molecule has 130 valence electrons. The van der Waals surface area contributed by atoms with E-state index in [-0.39, 0.29) is 24.7 Å². The summed E-state index contributed by atoms with van der Waals surface area (Å²) in [7, 11) is 0. The first-order chi connectivity index (χ1) is 11.4. The number of amides is 2. The second-order valence-electron chi connectivity index (χ2n) is 4.67. The van der Waals surface area contributed by atoms with Gasteiger partial charge in [-0.1, -0.05) is 6.07 Å². The summed E-state index contributed by atoms with van der Waals surface area (Å²) in [6.45, 7) is 4.62. The molecule has 0 aliphatic rings. The van der Waals surface area contributed by atoms with Crippen LogP contribution in [0.25, 0.3) is 0 Å². The Hall–Kier alpha value is -2.90. The number of hydrogen-bond donors (Lipinski definition) is 2. The summed E-state index contributed by atoms with van der Waals surface area (Å²) in [6.07, 6.45) is 0. The predicted octanol–water partition coefficient (Wildman–Crippen LogP) is 0.870. The van der Waals surface area contributed by atoms with Crippen LogP contribution < -0.4 is 10.6 Å². The maximum atomic E-state index is 12.3. The normalized spacial score (nSPS) is 10.0. The third-order valence-corrected chi connectivity index (χ3v) is 2.77. The largest absolute Gasteiger partial charge is 0.464 e. The molecule has 0 aliphatic carbocycles. The van der Waals surface area contributed by atoms with E-state index < -0.39 is 23.9 Å². The van der Waals surface area contributed by atoms with E-state index in [1.807, 2.05) is 0 Å². The molecule has 2 amide bonds. The molecule has 8 nitrogen and oxygen atoms in total. The zero-order valence-electron chi connectivity index (χ0n) is 13.8. The summed E-state index contributed by atoms with van der Waals surface area (Å²) in [5, 5.41) is 4.82. The van der Waals surface area contributed by atoms with E-state index in [9.17, 15) is 19.2 Å². The first-order valence-electron chi connectivity index (χ1n) is 7.40. The average Bonchev–Trinajstić information content (AvgIpc) is 2.52. The third-order valence-electron chi connectivity index (χ3n) is 2.77. The minimum Gasteiger partial charge on any atom is -0.464 e. The quantitative estimate of drug-likeness (QED) is 0.564. The number of anilines is 1. The molecule has 0 spiro atoms. The predicted molar refractivity (Wildman–Crippen MR) is 85.3 cm³/mol. The van der Waals surface area contributed by atoms with Crippen LogP contribution in [0.15, 0.2) is 24.3 Å². The van der Waals surface area contributed by atoms with Crippen molar-refractivity contribution in [2.24, 2.45) is 0 Å². The van der Waals surface area contributed by atoms with Crippen LogP contribution >= 0.6 is 0 Å². The number of hydrogen-bond acceptors (Lipinski definition) is 6. The molecule has 0 aliphatic heterocycles. The van der Waals surface area contributed by atoms with Crippen LogP contribution in [-0.2, 0) is 23.9 Å². The molecule has 1 rings (SSSR count). The van der Waals surface area contributed by atoms with Crippen molar-refractivity contribution >= 4 is 29.4 Å². The smallest absolute Gasteiger partial charge is 0.340 e. The fourth-order valence-corrected chi connectivity index (χ4v) is 1.82. The molecular weight excluding hydrogens is 316 g/mol. The fourth-order valence-electron chi connectivity index (χ4n) is 1.82. The molecule has 8 heteroatoms. The molecule has 0 saturated heterocycles. The monoisotopic (exact) mass is 336 g/mol. The Morgan fingerprint density at radius 2 is 1.62 bits per heavy atom. The SMILES string of the molecule is CCOC(=O)C(NC(=O)c1cccc(NC(C)=O)c1)C(=O)OCC. The second kappa shape index (κ2) is 9.29. The minimum absolute atomic E-state index is 0.0582. The Morgan fingerprint density at radius 1 is 1.04 bits per heavy atom. The fraction of sp³-hybridized carbons (Fsp3) is 0.375. The summed E-state index contributed by atoms with van der Waals surface area (Å²) >= 11 is 0. The molecule has 1 aromatic rings.